The highest BCUT2D eigenvalue weighted by Gasteiger charge is 2.12. The van der Waals surface area contributed by atoms with Crippen molar-refractivity contribution < 1.29 is 9.90 Å². The van der Waals surface area contributed by atoms with E-state index < -0.39 is 5.97 Å². The van der Waals surface area contributed by atoms with Gasteiger partial charge >= 0.3 is 5.97 Å². The smallest absolute Gasteiger partial charge is 0.335 e. The third-order valence-electron chi connectivity index (χ3n) is 2.19. The number of carboxylic acids is 1. The Kier molecular flexibility index (Phi) is 3.93. The number of aromatic nitrogens is 3. The number of hydrogen-bond acceptors (Lipinski definition) is 6. The Bertz CT molecular complexity index is 555. The van der Waals surface area contributed by atoms with E-state index in [1.165, 1.54) is 29.6 Å². The maximum Gasteiger partial charge on any atom is 0.335 e. The van der Waals surface area contributed by atoms with Gasteiger partial charge in [0, 0.05) is 5.69 Å². The van der Waals surface area contributed by atoms with Gasteiger partial charge in [0.05, 0.1) is 5.56 Å². The summed E-state index contributed by atoms with van der Waals surface area (Å²) < 4.78 is 4.65. The van der Waals surface area contributed by atoms with Crippen LogP contribution in [0.2, 0.25) is 0 Å². The van der Waals surface area contributed by atoms with Crippen LogP contribution in [-0.4, -0.2) is 25.4 Å². The number of nitrogens with zero attached hydrogens (tertiary/aromatic N) is 3. The molecule has 5 nitrogen and oxygen atoms in total. The van der Waals surface area contributed by atoms with Crippen LogP contribution in [0, 0.1) is 0 Å². The van der Waals surface area contributed by atoms with Crippen molar-refractivity contribution in [3.63, 3.8) is 0 Å². The molecule has 18 heavy (non-hydrogen) atoms. The second kappa shape index (κ2) is 5.45. The molecule has 2 aromatic rings. The number of rotatable bonds is 4. The molecule has 0 saturated carbocycles. The van der Waals surface area contributed by atoms with Crippen molar-refractivity contribution in [2.45, 2.75) is 29.1 Å². The lowest BCUT2D eigenvalue weighted by atomic mass is 10.1. The Morgan fingerprint density at radius 3 is 2.78 bits per heavy atom. The van der Waals surface area contributed by atoms with Crippen LogP contribution in [0.5, 0.6) is 0 Å². The zero-order chi connectivity index (χ0) is 13.1. The van der Waals surface area contributed by atoms with E-state index in [0.717, 1.165) is 10.0 Å². The lowest BCUT2D eigenvalue weighted by Gasteiger charge is -2.08. The summed E-state index contributed by atoms with van der Waals surface area (Å²) in [6.07, 6.45) is 1.47. The molecule has 0 amide bonds. The zero-order valence-corrected chi connectivity index (χ0v) is 11.5. The number of carboxylic acid groups (broad SMARTS) is 1. The molecule has 0 aromatic carbocycles. The number of hydrogen-bond donors (Lipinski definition) is 1. The van der Waals surface area contributed by atoms with E-state index in [9.17, 15) is 4.79 Å². The highest BCUT2D eigenvalue weighted by Crippen LogP contribution is 2.28. The summed E-state index contributed by atoms with van der Waals surface area (Å²) in [6, 6.07) is 3.16. The van der Waals surface area contributed by atoms with Gasteiger partial charge in [-0.1, -0.05) is 13.8 Å². The second-order valence-electron chi connectivity index (χ2n) is 3.89. The average Bonchev–Trinajstić information content (AvgIpc) is 2.81. The molecular formula is C11H11N3O2S2. The number of pyridine rings is 1. The lowest BCUT2D eigenvalue weighted by molar-refractivity contribution is 0.0696. The standard InChI is InChI=1S/C11H11N3O2S2/c1-6(2)8-3-7(10(15)16)4-9(14-8)17-11-12-5-13-18-11/h3-6H,1-2H3,(H,15,16). The molecular weight excluding hydrogens is 270 g/mol. The van der Waals surface area contributed by atoms with Gasteiger partial charge in [0.15, 0.2) is 4.34 Å². The maximum absolute atomic E-state index is 11.1. The minimum Gasteiger partial charge on any atom is -0.478 e. The summed E-state index contributed by atoms with van der Waals surface area (Å²) >= 11 is 2.59. The molecule has 94 valence electrons. The minimum absolute atomic E-state index is 0.179. The number of carbonyl (C=O) groups is 1. The van der Waals surface area contributed by atoms with Crippen LogP contribution >= 0.6 is 23.3 Å². The quantitative estimate of drug-likeness (QED) is 0.928. The van der Waals surface area contributed by atoms with Crippen LogP contribution in [0.1, 0.15) is 35.8 Å². The Labute approximate surface area is 112 Å². The highest BCUT2D eigenvalue weighted by atomic mass is 32.2. The third kappa shape index (κ3) is 3.05. The molecule has 7 heteroatoms. The monoisotopic (exact) mass is 281 g/mol. The maximum atomic E-state index is 11.1. The van der Waals surface area contributed by atoms with Crippen molar-refractivity contribution in [2.24, 2.45) is 0 Å². The first-order valence-electron chi connectivity index (χ1n) is 5.26. The van der Waals surface area contributed by atoms with E-state index in [0.29, 0.717) is 5.03 Å². The van der Waals surface area contributed by atoms with Gasteiger partial charge in [-0.2, -0.15) is 4.37 Å². The molecule has 0 aliphatic rings. The topological polar surface area (TPSA) is 76.0 Å². The number of aromatic carboxylic acids is 1. The van der Waals surface area contributed by atoms with Crippen LogP contribution in [0.15, 0.2) is 27.8 Å². The summed E-state index contributed by atoms with van der Waals surface area (Å²) in [5.41, 5.74) is 1.02. The van der Waals surface area contributed by atoms with Crippen molar-refractivity contribution in [2.75, 3.05) is 0 Å². The van der Waals surface area contributed by atoms with E-state index in [2.05, 4.69) is 14.3 Å². The molecule has 0 fully saturated rings. The first kappa shape index (κ1) is 13.0. The second-order valence-corrected chi connectivity index (χ2v) is 5.94. The Morgan fingerprint density at radius 1 is 1.44 bits per heavy atom. The van der Waals surface area contributed by atoms with Crippen LogP contribution in [0.3, 0.4) is 0 Å². The molecule has 0 atom stereocenters. The molecule has 0 bridgehead atoms. The van der Waals surface area contributed by atoms with Gasteiger partial charge in [0.25, 0.3) is 0 Å². The van der Waals surface area contributed by atoms with E-state index in [-0.39, 0.29) is 11.5 Å². The van der Waals surface area contributed by atoms with E-state index in [1.807, 2.05) is 13.8 Å². The third-order valence-corrected chi connectivity index (χ3v) is 3.83. The Morgan fingerprint density at radius 2 is 2.22 bits per heavy atom. The fourth-order valence-electron chi connectivity index (χ4n) is 1.29. The van der Waals surface area contributed by atoms with E-state index >= 15 is 0 Å². The van der Waals surface area contributed by atoms with E-state index in [1.54, 1.807) is 12.1 Å². The van der Waals surface area contributed by atoms with Gasteiger partial charge in [-0.3, -0.25) is 0 Å². The molecule has 2 rings (SSSR count). The first-order valence-corrected chi connectivity index (χ1v) is 6.85. The zero-order valence-electron chi connectivity index (χ0n) is 9.82. The molecule has 0 aliphatic heterocycles. The largest absolute Gasteiger partial charge is 0.478 e. The average molecular weight is 281 g/mol. The van der Waals surface area contributed by atoms with Crippen LogP contribution in [0.25, 0.3) is 0 Å². The SMILES string of the molecule is CC(C)c1cc(C(=O)O)cc(Sc2ncns2)n1. The van der Waals surface area contributed by atoms with Gasteiger partial charge in [-0.15, -0.1) is 0 Å². The molecule has 0 unspecified atom stereocenters. The van der Waals surface area contributed by atoms with Crippen LogP contribution < -0.4 is 0 Å². The Hall–Kier alpha value is -1.47. The first-order chi connectivity index (χ1) is 8.56. The molecule has 2 aromatic heterocycles. The lowest BCUT2D eigenvalue weighted by Crippen LogP contribution is -2.02. The van der Waals surface area contributed by atoms with Crippen LogP contribution in [-0.2, 0) is 0 Å². The normalized spacial score (nSPS) is 10.8. The highest BCUT2D eigenvalue weighted by molar-refractivity contribution is 8.00. The van der Waals surface area contributed by atoms with Crippen molar-refractivity contribution in [1.29, 1.82) is 0 Å². The van der Waals surface area contributed by atoms with Gasteiger partial charge in [0.1, 0.15) is 11.4 Å². The van der Waals surface area contributed by atoms with Gasteiger partial charge in [-0.05, 0) is 41.3 Å². The van der Waals surface area contributed by atoms with Crippen LogP contribution in [0.4, 0.5) is 0 Å². The fourth-order valence-corrected chi connectivity index (χ4v) is 2.72. The minimum atomic E-state index is -0.946. The van der Waals surface area contributed by atoms with Crippen molar-refractivity contribution in [1.82, 2.24) is 14.3 Å². The summed E-state index contributed by atoms with van der Waals surface area (Å²) in [5.74, 6) is -0.767. The van der Waals surface area contributed by atoms with Crippen molar-refractivity contribution >= 4 is 29.3 Å². The molecule has 2 heterocycles. The molecule has 0 saturated heterocycles. The summed E-state index contributed by atoms with van der Waals surface area (Å²) in [5, 5.41) is 9.71. The predicted molar refractivity (Wildman–Crippen MR) is 69.3 cm³/mol. The van der Waals surface area contributed by atoms with Crippen molar-refractivity contribution in [3.05, 3.63) is 29.7 Å². The summed E-state index contributed by atoms with van der Waals surface area (Å²) in [4.78, 5) is 19.5. The van der Waals surface area contributed by atoms with Gasteiger partial charge in [-0.25, -0.2) is 14.8 Å². The molecule has 0 spiro atoms. The van der Waals surface area contributed by atoms with Gasteiger partial charge in [0.2, 0.25) is 0 Å². The Balaban J connectivity index is 2.37. The van der Waals surface area contributed by atoms with Gasteiger partial charge < -0.3 is 5.11 Å². The fraction of sp³-hybridized carbons (Fsp3) is 0.273. The molecule has 1 N–H and O–H groups in total. The van der Waals surface area contributed by atoms with E-state index in [4.69, 9.17) is 5.11 Å². The summed E-state index contributed by atoms with van der Waals surface area (Å²) in [6.45, 7) is 3.96. The summed E-state index contributed by atoms with van der Waals surface area (Å²) in [7, 11) is 0. The molecule has 0 aliphatic carbocycles. The van der Waals surface area contributed by atoms with Crippen molar-refractivity contribution in [3.8, 4) is 0 Å². The predicted octanol–water partition coefficient (Wildman–Crippen LogP) is 2.91. The molecule has 0 radical (unpaired) electrons.